The second-order valence-corrected chi connectivity index (χ2v) is 9.27. The number of carbonyl (C=O) groups is 1. The van der Waals surface area contributed by atoms with Gasteiger partial charge in [0.1, 0.15) is 5.82 Å². The molecule has 1 N–H and O–H groups in total. The maximum absolute atomic E-state index is 13.6. The second-order valence-electron chi connectivity index (χ2n) is 8.53. The van der Waals surface area contributed by atoms with Crippen molar-refractivity contribution in [1.29, 1.82) is 0 Å². The number of nitrogens with one attached hydrogen (secondary N) is 1. The number of rotatable bonds is 7. The molecule has 5 aromatic rings. The zero-order chi connectivity index (χ0) is 25.9. The number of aryl methyl sites for hydroxylation is 1. The van der Waals surface area contributed by atoms with Gasteiger partial charge >= 0.3 is 6.09 Å². The van der Waals surface area contributed by atoms with Gasteiger partial charge in [0.15, 0.2) is 0 Å². The number of ether oxygens (including phenoxy) is 1. The van der Waals surface area contributed by atoms with Crippen LogP contribution in [0.5, 0.6) is 0 Å². The Morgan fingerprint density at radius 3 is 2.62 bits per heavy atom. The highest BCUT2D eigenvalue weighted by Gasteiger charge is 2.16. The highest BCUT2D eigenvalue weighted by molar-refractivity contribution is 7.08. The largest absolute Gasteiger partial charge is 0.452 e. The number of benzene rings is 2. The molecule has 0 aliphatic rings. The summed E-state index contributed by atoms with van der Waals surface area (Å²) in [6.45, 7) is 2.45. The fourth-order valence-electron chi connectivity index (χ4n) is 4.23. The van der Waals surface area contributed by atoms with Crippen LogP contribution in [-0.2, 0) is 17.7 Å². The van der Waals surface area contributed by atoms with Gasteiger partial charge in [-0.05, 0) is 46.3 Å². The Bertz CT molecular complexity index is 1610. The Morgan fingerprint density at radius 1 is 1.14 bits per heavy atom. The van der Waals surface area contributed by atoms with Gasteiger partial charge in [-0.15, -0.1) is 10.2 Å². The molecule has 1 amide bonds. The van der Waals surface area contributed by atoms with Crippen LogP contribution in [0.3, 0.4) is 0 Å². The Hall–Kier alpha value is -4.38. The van der Waals surface area contributed by atoms with Crippen LogP contribution in [0.25, 0.3) is 33.4 Å². The van der Waals surface area contributed by atoms with Crippen molar-refractivity contribution >= 4 is 34.0 Å². The first-order valence-corrected chi connectivity index (χ1v) is 12.7. The summed E-state index contributed by atoms with van der Waals surface area (Å²) in [4.78, 5) is 31.8. The van der Waals surface area contributed by atoms with Crippen molar-refractivity contribution in [3.8, 4) is 22.5 Å². The maximum Gasteiger partial charge on any atom is 0.413 e. The number of hydrogen-bond acceptors (Lipinski definition) is 8. The Labute approximate surface area is 216 Å². The van der Waals surface area contributed by atoms with E-state index in [2.05, 4.69) is 32.9 Å². The van der Waals surface area contributed by atoms with E-state index in [1.807, 2.05) is 29.6 Å². The molecule has 0 aliphatic heterocycles. The molecule has 3 heterocycles. The Balaban J connectivity index is 1.50. The average Bonchev–Trinajstić information content (AvgIpc) is 3.63. The van der Waals surface area contributed by atoms with Gasteiger partial charge in [0, 0.05) is 35.7 Å². The number of hydrogen-bond donors (Lipinski definition) is 1. The minimum Gasteiger partial charge on any atom is -0.452 e. The summed E-state index contributed by atoms with van der Waals surface area (Å²) in [6, 6.07) is 13.3. The van der Waals surface area contributed by atoms with Gasteiger partial charge in [-0.1, -0.05) is 31.2 Å². The number of H-pyrrole nitrogens is 1. The van der Waals surface area contributed by atoms with Crippen molar-refractivity contribution in [1.82, 2.24) is 30.2 Å². The van der Waals surface area contributed by atoms with Crippen molar-refractivity contribution in [3.63, 3.8) is 0 Å². The van der Waals surface area contributed by atoms with Crippen molar-refractivity contribution in [2.24, 2.45) is 0 Å². The third-order valence-electron chi connectivity index (χ3n) is 6.18. The molecule has 188 valence electrons. The molecule has 0 fully saturated rings. The van der Waals surface area contributed by atoms with Crippen LogP contribution >= 0.6 is 11.3 Å². The number of nitrogens with zero attached hydrogens (tertiary/aromatic N) is 6. The summed E-state index contributed by atoms with van der Waals surface area (Å²) in [7, 11) is 2.92. The van der Waals surface area contributed by atoms with Gasteiger partial charge in [0.2, 0.25) is 5.82 Å². The van der Waals surface area contributed by atoms with Crippen LogP contribution in [0.4, 0.5) is 10.5 Å². The van der Waals surface area contributed by atoms with Gasteiger partial charge in [-0.2, -0.15) is 16.6 Å². The van der Waals surface area contributed by atoms with Crippen LogP contribution in [0, 0.1) is 0 Å². The second kappa shape index (κ2) is 10.3. The van der Waals surface area contributed by atoms with Crippen LogP contribution in [-0.4, -0.2) is 50.4 Å². The van der Waals surface area contributed by atoms with E-state index in [0.717, 1.165) is 34.5 Å². The first kappa shape index (κ1) is 24.3. The molecule has 0 radical (unpaired) electrons. The van der Waals surface area contributed by atoms with Crippen molar-refractivity contribution in [3.05, 3.63) is 75.0 Å². The van der Waals surface area contributed by atoms with E-state index in [1.54, 1.807) is 41.2 Å². The number of amides is 1. The van der Waals surface area contributed by atoms with Gasteiger partial charge in [-0.3, -0.25) is 14.3 Å². The van der Waals surface area contributed by atoms with Gasteiger partial charge < -0.3 is 4.74 Å². The number of methoxy groups -OCH3 is 1. The first-order valence-electron chi connectivity index (χ1n) is 11.7. The lowest BCUT2D eigenvalue weighted by Gasteiger charge is -2.17. The van der Waals surface area contributed by atoms with E-state index in [-0.39, 0.29) is 5.56 Å². The molecule has 0 spiro atoms. The molecule has 0 atom stereocenters. The summed E-state index contributed by atoms with van der Waals surface area (Å²) in [5, 5.41) is 18.9. The lowest BCUT2D eigenvalue weighted by atomic mass is 10.0. The van der Waals surface area contributed by atoms with Crippen molar-refractivity contribution < 1.29 is 9.53 Å². The lowest BCUT2D eigenvalue weighted by molar-refractivity contribution is 0.180. The van der Waals surface area contributed by atoms with Crippen LogP contribution < -0.4 is 10.5 Å². The van der Waals surface area contributed by atoms with E-state index in [0.29, 0.717) is 35.4 Å². The summed E-state index contributed by atoms with van der Waals surface area (Å²) < 4.78 is 6.52. The topological polar surface area (TPSA) is 119 Å². The number of aromatic amines is 1. The number of thiophene rings is 1. The van der Waals surface area contributed by atoms with E-state index in [1.165, 1.54) is 12.0 Å². The fraction of sp³-hybridized carbons (Fsp3) is 0.231. The van der Waals surface area contributed by atoms with E-state index >= 15 is 0 Å². The van der Waals surface area contributed by atoms with E-state index in [9.17, 15) is 9.59 Å². The normalized spacial score (nSPS) is 11.1. The standard InChI is InChI=1S/C26H25N7O3S/c1-4-5-23-27-22-11-10-18(32(2)26(35)36-3)12-19(22)25(34)33(23)13-16-6-8-17(9-7-16)20-14-37-15-21(20)24-28-30-31-29-24/h6-12,14-15H,4-5,13H2,1-3H3,(H,28,29,30,31). The molecule has 37 heavy (non-hydrogen) atoms. The van der Waals surface area contributed by atoms with Gasteiger partial charge in [-0.25, -0.2) is 9.78 Å². The minimum atomic E-state index is -0.511. The molecule has 2 aromatic carbocycles. The summed E-state index contributed by atoms with van der Waals surface area (Å²) in [5.74, 6) is 1.28. The van der Waals surface area contributed by atoms with E-state index in [4.69, 9.17) is 9.72 Å². The zero-order valence-electron chi connectivity index (χ0n) is 20.6. The first-order chi connectivity index (χ1) is 18.0. The predicted octanol–water partition coefficient (Wildman–Crippen LogP) is 4.51. The Morgan fingerprint density at radius 2 is 1.92 bits per heavy atom. The maximum atomic E-state index is 13.6. The smallest absolute Gasteiger partial charge is 0.413 e. The average molecular weight is 516 g/mol. The molecule has 5 rings (SSSR count). The lowest BCUT2D eigenvalue weighted by Crippen LogP contribution is -2.28. The van der Waals surface area contributed by atoms with Crippen molar-refractivity contribution in [2.45, 2.75) is 26.3 Å². The molecule has 0 bridgehead atoms. The minimum absolute atomic E-state index is 0.144. The predicted molar refractivity (Wildman–Crippen MR) is 143 cm³/mol. The van der Waals surface area contributed by atoms with E-state index < -0.39 is 6.09 Å². The zero-order valence-corrected chi connectivity index (χ0v) is 21.5. The van der Waals surface area contributed by atoms with Crippen LogP contribution in [0.1, 0.15) is 24.7 Å². The number of anilines is 1. The summed E-state index contributed by atoms with van der Waals surface area (Å²) in [5.41, 5.74) is 4.96. The van der Waals surface area contributed by atoms with Gasteiger partial charge in [0.25, 0.3) is 5.56 Å². The third kappa shape index (κ3) is 4.73. The molecule has 11 heteroatoms. The molecule has 0 unspecified atom stereocenters. The summed E-state index contributed by atoms with van der Waals surface area (Å²) >= 11 is 1.58. The number of tetrazole rings is 1. The molecular formula is C26H25N7O3S. The molecule has 0 aliphatic carbocycles. The quantitative estimate of drug-likeness (QED) is 0.339. The monoisotopic (exact) mass is 515 g/mol. The third-order valence-corrected chi connectivity index (χ3v) is 6.92. The highest BCUT2D eigenvalue weighted by atomic mass is 32.1. The SMILES string of the molecule is CCCc1nc2ccc(N(C)C(=O)OC)cc2c(=O)n1Cc1ccc(-c2cscc2-c2nn[nH]n2)cc1. The van der Waals surface area contributed by atoms with Crippen molar-refractivity contribution in [2.75, 3.05) is 19.1 Å². The number of carbonyl (C=O) groups excluding carboxylic acids is 1. The van der Waals surface area contributed by atoms with Crippen LogP contribution in [0.15, 0.2) is 58.0 Å². The number of aromatic nitrogens is 6. The number of fused-ring (bicyclic) bond motifs is 1. The Kier molecular flexibility index (Phi) is 6.78. The highest BCUT2D eigenvalue weighted by Crippen LogP contribution is 2.33. The molecule has 0 saturated carbocycles. The molecule has 10 nitrogen and oxygen atoms in total. The fourth-order valence-corrected chi connectivity index (χ4v) is 5.06. The molecular weight excluding hydrogens is 490 g/mol. The molecule has 0 saturated heterocycles. The van der Waals surface area contributed by atoms with Gasteiger partial charge in [0.05, 0.1) is 24.6 Å². The van der Waals surface area contributed by atoms with Crippen LogP contribution in [0.2, 0.25) is 0 Å². The summed E-state index contributed by atoms with van der Waals surface area (Å²) in [6.07, 6.45) is 1.02. The molecule has 3 aromatic heterocycles.